The average molecular weight is 385 g/mol. The lowest BCUT2D eigenvalue weighted by Gasteiger charge is -2.35. The fourth-order valence-electron chi connectivity index (χ4n) is 3.33. The minimum atomic E-state index is -0.141. The molecule has 144 valence electrons. The first-order valence-electron chi connectivity index (χ1n) is 9.50. The SMILES string of the molecule is CSc1cccc(NC(=O)C(C)N2CCC(OCc3ccccc3)CC2)c1. The van der Waals surface area contributed by atoms with Crippen molar-refractivity contribution in [1.29, 1.82) is 0 Å². The summed E-state index contributed by atoms with van der Waals surface area (Å²) in [5.41, 5.74) is 2.07. The Kier molecular flexibility index (Phi) is 7.33. The predicted molar refractivity (Wildman–Crippen MR) is 112 cm³/mol. The number of ether oxygens (including phenoxy) is 1. The summed E-state index contributed by atoms with van der Waals surface area (Å²) >= 11 is 1.67. The van der Waals surface area contributed by atoms with E-state index in [1.807, 2.05) is 55.6 Å². The third-order valence-electron chi connectivity index (χ3n) is 5.07. The van der Waals surface area contributed by atoms with Gasteiger partial charge in [0, 0.05) is 23.7 Å². The van der Waals surface area contributed by atoms with Crippen LogP contribution in [0.5, 0.6) is 0 Å². The lowest BCUT2D eigenvalue weighted by Crippen LogP contribution is -2.47. The summed E-state index contributed by atoms with van der Waals surface area (Å²) in [6.45, 7) is 4.42. The van der Waals surface area contributed by atoms with Crippen molar-refractivity contribution in [3.05, 3.63) is 60.2 Å². The molecular formula is C22H28N2O2S. The van der Waals surface area contributed by atoms with Crippen LogP contribution in [0.3, 0.4) is 0 Å². The summed E-state index contributed by atoms with van der Waals surface area (Å²) in [6.07, 6.45) is 4.24. The van der Waals surface area contributed by atoms with Gasteiger partial charge in [0.2, 0.25) is 5.91 Å². The lowest BCUT2D eigenvalue weighted by molar-refractivity contribution is -0.122. The molecule has 2 aromatic carbocycles. The van der Waals surface area contributed by atoms with Gasteiger partial charge in [-0.2, -0.15) is 0 Å². The van der Waals surface area contributed by atoms with Gasteiger partial charge in [0.25, 0.3) is 0 Å². The van der Waals surface area contributed by atoms with E-state index in [0.29, 0.717) is 6.61 Å². The zero-order valence-electron chi connectivity index (χ0n) is 16.1. The van der Waals surface area contributed by atoms with Crippen molar-refractivity contribution in [3.63, 3.8) is 0 Å². The van der Waals surface area contributed by atoms with Crippen molar-refractivity contribution in [1.82, 2.24) is 4.90 Å². The summed E-state index contributed by atoms with van der Waals surface area (Å²) in [5.74, 6) is 0.0527. The molecule has 1 heterocycles. The molecule has 1 atom stereocenters. The number of nitrogens with zero attached hydrogens (tertiary/aromatic N) is 1. The maximum atomic E-state index is 12.6. The number of carbonyl (C=O) groups is 1. The highest BCUT2D eigenvalue weighted by Crippen LogP contribution is 2.21. The van der Waals surface area contributed by atoms with Crippen LogP contribution >= 0.6 is 11.8 Å². The molecule has 1 unspecified atom stereocenters. The van der Waals surface area contributed by atoms with E-state index in [9.17, 15) is 4.79 Å². The lowest BCUT2D eigenvalue weighted by atomic mass is 10.1. The Morgan fingerprint density at radius 1 is 1.19 bits per heavy atom. The van der Waals surface area contributed by atoms with Crippen LogP contribution in [0.25, 0.3) is 0 Å². The van der Waals surface area contributed by atoms with Crippen LogP contribution in [0.15, 0.2) is 59.5 Å². The maximum absolute atomic E-state index is 12.6. The quantitative estimate of drug-likeness (QED) is 0.718. The molecule has 0 radical (unpaired) electrons. The Morgan fingerprint density at radius 3 is 2.63 bits per heavy atom. The molecule has 1 fully saturated rings. The van der Waals surface area contributed by atoms with Gasteiger partial charge in [0.1, 0.15) is 0 Å². The smallest absolute Gasteiger partial charge is 0.241 e. The highest BCUT2D eigenvalue weighted by molar-refractivity contribution is 7.98. The molecule has 0 bridgehead atoms. The fraction of sp³-hybridized carbons (Fsp3) is 0.409. The number of amides is 1. The molecule has 1 N–H and O–H groups in total. The van der Waals surface area contributed by atoms with Gasteiger partial charge >= 0.3 is 0 Å². The molecule has 1 amide bonds. The molecule has 1 saturated heterocycles. The van der Waals surface area contributed by atoms with Crippen LogP contribution in [0.2, 0.25) is 0 Å². The van der Waals surface area contributed by atoms with E-state index < -0.39 is 0 Å². The van der Waals surface area contributed by atoms with Crippen LogP contribution in [0, 0.1) is 0 Å². The largest absolute Gasteiger partial charge is 0.373 e. The van der Waals surface area contributed by atoms with E-state index in [0.717, 1.165) is 36.5 Å². The molecule has 1 aliphatic heterocycles. The first-order chi connectivity index (χ1) is 13.2. The van der Waals surface area contributed by atoms with Crippen molar-refractivity contribution in [3.8, 4) is 0 Å². The summed E-state index contributed by atoms with van der Waals surface area (Å²) in [6, 6.07) is 18.1. The summed E-state index contributed by atoms with van der Waals surface area (Å²) in [7, 11) is 0. The van der Waals surface area contributed by atoms with Gasteiger partial charge in [0.15, 0.2) is 0 Å². The van der Waals surface area contributed by atoms with Gasteiger partial charge in [0.05, 0.1) is 18.8 Å². The zero-order chi connectivity index (χ0) is 19.1. The number of hydrogen-bond donors (Lipinski definition) is 1. The second-order valence-electron chi connectivity index (χ2n) is 6.93. The minimum Gasteiger partial charge on any atom is -0.373 e. The highest BCUT2D eigenvalue weighted by Gasteiger charge is 2.27. The van der Waals surface area contributed by atoms with Crippen LogP contribution in [0.1, 0.15) is 25.3 Å². The van der Waals surface area contributed by atoms with Gasteiger partial charge in [-0.3, -0.25) is 9.69 Å². The van der Waals surface area contributed by atoms with Gasteiger partial charge in [-0.05, 0) is 49.8 Å². The normalized spacial score (nSPS) is 16.8. The fourth-order valence-corrected chi connectivity index (χ4v) is 3.79. The maximum Gasteiger partial charge on any atom is 0.241 e. The molecule has 3 rings (SSSR count). The van der Waals surface area contributed by atoms with Gasteiger partial charge in [-0.25, -0.2) is 0 Å². The molecule has 0 saturated carbocycles. The second-order valence-corrected chi connectivity index (χ2v) is 7.81. The third-order valence-corrected chi connectivity index (χ3v) is 5.79. The van der Waals surface area contributed by atoms with Crippen LogP contribution in [-0.4, -0.2) is 42.3 Å². The number of benzene rings is 2. The summed E-state index contributed by atoms with van der Waals surface area (Å²) < 4.78 is 6.05. The Bertz CT molecular complexity index is 730. The number of hydrogen-bond acceptors (Lipinski definition) is 4. The monoisotopic (exact) mass is 384 g/mol. The summed E-state index contributed by atoms with van der Waals surface area (Å²) in [4.78, 5) is 16.0. The van der Waals surface area contributed by atoms with E-state index in [-0.39, 0.29) is 18.1 Å². The van der Waals surface area contributed by atoms with E-state index >= 15 is 0 Å². The topological polar surface area (TPSA) is 41.6 Å². The molecule has 27 heavy (non-hydrogen) atoms. The summed E-state index contributed by atoms with van der Waals surface area (Å²) in [5, 5.41) is 3.05. The predicted octanol–water partition coefficient (Wildman–Crippen LogP) is 4.42. The van der Waals surface area contributed by atoms with Crippen molar-refractivity contribution in [2.45, 2.75) is 43.4 Å². The molecule has 1 aliphatic rings. The second kappa shape index (κ2) is 9.93. The number of rotatable bonds is 7. The molecule has 0 spiro atoms. The molecule has 0 aromatic heterocycles. The first kappa shape index (κ1) is 19.9. The van der Waals surface area contributed by atoms with Gasteiger partial charge < -0.3 is 10.1 Å². The number of carbonyl (C=O) groups excluding carboxylic acids is 1. The molecule has 0 aliphatic carbocycles. The molecule has 5 heteroatoms. The molecular weight excluding hydrogens is 356 g/mol. The standard InChI is InChI=1S/C22H28N2O2S/c1-17(22(25)23-19-9-6-10-21(15-19)27-2)24-13-11-20(12-14-24)26-16-18-7-4-3-5-8-18/h3-10,15,17,20H,11-14,16H2,1-2H3,(H,23,25). The van der Waals surface area contributed by atoms with Crippen molar-refractivity contribution < 1.29 is 9.53 Å². The number of piperidine rings is 1. The van der Waals surface area contributed by atoms with E-state index in [1.54, 1.807) is 11.8 Å². The van der Waals surface area contributed by atoms with E-state index in [4.69, 9.17) is 4.74 Å². The van der Waals surface area contributed by atoms with E-state index in [2.05, 4.69) is 22.3 Å². The molecule has 2 aromatic rings. The Labute approximate surface area is 166 Å². The Hall–Kier alpha value is -1.82. The Morgan fingerprint density at radius 2 is 1.93 bits per heavy atom. The van der Waals surface area contributed by atoms with Crippen LogP contribution in [0.4, 0.5) is 5.69 Å². The Balaban J connectivity index is 1.44. The van der Waals surface area contributed by atoms with Gasteiger partial charge in [-0.15, -0.1) is 11.8 Å². The number of likely N-dealkylation sites (tertiary alicyclic amines) is 1. The third kappa shape index (κ3) is 5.83. The van der Waals surface area contributed by atoms with Gasteiger partial charge in [-0.1, -0.05) is 36.4 Å². The number of thioether (sulfide) groups is 1. The van der Waals surface area contributed by atoms with Crippen LogP contribution < -0.4 is 5.32 Å². The van der Waals surface area contributed by atoms with Crippen molar-refractivity contribution in [2.24, 2.45) is 0 Å². The minimum absolute atomic E-state index is 0.0527. The number of nitrogens with one attached hydrogen (secondary N) is 1. The highest BCUT2D eigenvalue weighted by atomic mass is 32.2. The van der Waals surface area contributed by atoms with Crippen molar-refractivity contribution >= 4 is 23.4 Å². The van der Waals surface area contributed by atoms with E-state index in [1.165, 1.54) is 5.56 Å². The zero-order valence-corrected chi connectivity index (χ0v) is 16.9. The molecule has 4 nitrogen and oxygen atoms in total. The average Bonchev–Trinajstić information content (AvgIpc) is 2.73. The number of anilines is 1. The first-order valence-corrected chi connectivity index (χ1v) is 10.7. The van der Waals surface area contributed by atoms with Crippen molar-refractivity contribution in [2.75, 3.05) is 24.7 Å². The van der Waals surface area contributed by atoms with Crippen LogP contribution in [-0.2, 0) is 16.1 Å².